The van der Waals surface area contributed by atoms with E-state index in [4.69, 9.17) is 20.9 Å². The van der Waals surface area contributed by atoms with Crippen molar-refractivity contribution in [1.29, 1.82) is 0 Å². The molecule has 1 aromatic heterocycles. The molecule has 1 amide bonds. The van der Waals surface area contributed by atoms with Gasteiger partial charge in [0, 0.05) is 6.07 Å². The van der Waals surface area contributed by atoms with Gasteiger partial charge in [-0.25, -0.2) is 9.59 Å². The van der Waals surface area contributed by atoms with Crippen LogP contribution >= 0.6 is 11.6 Å². The Morgan fingerprint density at radius 3 is 2.74 bits per heavy atom. The van der Waals surface area contributed by atoms with Crippen LogP contribution in [0.15, 0.2) is 10.6 Å². The molecule has 1 rings (SSSR count). The standard InChI is InChI=1S/C11H15ClN2O5/c1-11(2,3)18-10(16)13-5-7-4-8(14-19-7)9(15)17-6-12/h4H,5-6H2,1-3H3,(H,13,16). The highest BCUT2D eigenvalue weighted by Crippen LogP contribution is 2.08. The number of nitrogens with zero attached hydrogens (tertiary/aromatic N) is 1. The fraction of sp³-hybridized carbons (Fsp3) is 0.545. The van der Waals surface area contributed by atoms with Crippen LogP contribution in [0.2, 0.25) is 0 Å². The number of halogens is 1. The maximum atomic E-state index is 11.4. The number of carbonyl (C=O) groups is 2. The molecular formula is C11H15ClN2O5. The minimum atomic E-state index is -0.692. The minimum absolute atomic E-state index is 0.0124. The zero-order valence-electron chi connectivity index (χ0n) is 10.9. The SMILES string of the molecule is CC(C)(C)OC(=O)NCc1cc(C(=O)OCCl)no1. The Hall–Kier alpha value is -1.76. The summed E-state index contributed by atoms with van der Waals surface area (Å²) >= 11 is 5.24. The molecule has 0 aliphatic rings. The van der Waals surface area contributed by atoms with Crippen LogP contribution in [-0.4, -0.2) is 28.9 Å². The van der Waals surface area contributed by atoms with Crippen molar-refractivity contribution >= 4 is 23.7 Å². The van der Waals surface area contributed by atoms with Gasteiger partial charge in [-0.2, -0.15) is 0 Å². The lowest BCUT2D eigenvalue weighted by molar-refractivity contribution is 0.0515. The highest BCUT2D eigenvalue weighted by Gasteiger charge is 2.17. The first kappa shape index (κ1) is 15.3. The lowest BCUT2D eigenvalue weighted by atomic mass is 10.2. The molecule has 0 fully saturated rings. The summed E-state index contributed by atoms with van der Waals surface area (Å²) in [6, 6.07) is 1.09. The molecule has 0 spiro atoms. The topological polar surface area (TPSA) is 90.7 Å². The van der Waals surface area contributed by atoms with E-state index in [-0.39, 0.29) is 18.3 Å². The number of aromatic nitrogens is 1. The predicted octanol–water partition coefficient (Wildman–Crippen LogP) is 2.05. The van der Waals surface area contributed by atoms with Gasteiger partial charge in [-0.15, -0.1) is 0 Å². The molecule has 106 valence electrons. The largest absolute Gasteiger partial charge is 0.445 e. The summed E-state index contributed by atoms with van der Waals surface area (Å²) in [6.07, 6.45) is -0.589. The number of alkyl halides is 1. The second kappa shape index (κ2) is 6.42. The lowest BCUT2D eigenvalue weighted by Crippen LogP contribution is -2.32. The van der Waals surface area contributed by atoms with Gasteiger partial charge in [-0.05, 0) is 20.8 Å². The summed E-state index contributed by atoms with van der Waals surface area (Å²) in [4.78, 5) is 22.6. The predicted molar refractivity (Wildman–Crippen MR) is 65.7 cm³/mol. The van der Waals surface area contributed by atoms with Crippen molar-refractivity contribution in [2.24, 2.45) is 0 Å². The van der Waals surface area contributed by atoms with Crippen LogP contribution in [0.5, 0.6) is 0 Å². The molecule has 0 aliphatic carbocycles. The number of carbonyl (C=O) groups excluding carboxylic acids is 2. The third kappa shape index (κ3) is 5.60. The van der Waals surface area contributed by atoms with E-state index in [1.54, 1.807) is 20.8 Å². The maximum Gasteiger partial charge on any atom is 0.408 e. The molecule has 0 aromatic carbocycles. The van der Waals surface area contributed by atoms with Gasteiger partial charge in [0.2, 0.25) is 0 Å². The molecule has 0 unspecified atom stereocenters. The van der Waals surface area contributed by atoms with Gasteiger partial charge in [0.1, 0.15) is 5.60 Å². The first-order chi connectivity index (χ1) is 8.81. The highest BCUT2D eigenvalue weighted by atomic mass is 35.5. The van der Waals surface area contributed by atoms with Crippen molar-refractivity contribution in [1.82, 2.24) is 10.5 Å². The monoisotopic (exact) mass is 290 g/mol. The van der Waals surface area contributed by atoms with E-state index in [0.717, 1.165) is 0 Å². The van der Waals surface area contributed by atoms with E-state index in [1.807, 2.05) is 0 Å². The van der Waals surface area contributed by atoms with Gasteiger partial charge < -0.3 is 19.3 Å². The van der Waals surface area contributed by atoms with Crippen LogP contribution in [-0.2, 0) is 16.0 Å². The average molecular weight is 291 g/mol. The van der Waals surface area contributed by atoms with Crippen LogP contribution < -0.4 is 5.32 Å². The molecule has 0 atom stereocenters. The summed E-state index contributed by atoms with van der Waals surface area (Å²) in [6.45, 7) is 5.31. The van der Waals surface area contributed by atoms with E-state index in [9.17, 15) is 9.59 Å². The summed E-state index contributed by atoms with van der Waals surface area (Å²) in [7, 11) is 0. The summed E-state index contributed by atoms with van der Waals surface area (Å²) in [5.41, 5.74) is -0.595. The summed E-state index contributed by atoms with van der Waals surface area (Å²) in [5, 5.41) is 5.95. The number of amides is 1. The highest BCUT2D eigenvalue weighted by molar-refractivity contribution is 6.17. The molecule has 0 saturated heterocycles. The number of ether oxygens (including phenoxy) is 2. The Morgan fingerprint density at radius 2 is 2.16 bits per heavy atom. The van der Waals surface area contributed by atoms with Crippen LogP contribution in [0.3, 0.4) is 0 Å². The van der Waals surface area contributed by atoms with Crippen LogP contribution in [0.25, 0.3) is 0 Å². The zero-order valence-corrected chi connectivity index (χ0v) is 11.6. The number of hydrogen-bond donors (Lipinski definition) is 1. The van der Waals surface area contributed by atoms with Gasteiger partial charge in [-0.1, -0.05) is 16.8 Å². The van der Waals surface area contributed by atoms with Crippen molar-refractivity contribution in [3.05, 3.63) is 17.5 Å². The van der Waals surface area contributed by atoms with Crippen molar-refractivity contribution in [3.8, 4) is 0 Å². The van der Waals surface area contributed by atoms with Gasteiger partial charge in [0.05, 0.1) is 6.54 Å². The Bertz CT molecular complexity index is 452. The first-order valence-corrected chi connectivity index (χ1v) is 6.01. The van der Waals surface area contributed by atoms with E-state index in [2.05, 4.69) is 15.2 Å². The van der Waals surface area contributed by atoms with Crippen molar-refractivity contribution in [2.75, 3.05) is 6.07 Å². The fourth-order valence-electron chi connectivity index (χ4n) is 1.09. The zero-order chi connectivity index (χ0) is 14.5. The average Bonchev–Trinajstić information content (AvgIpc) is 2.73. The molecular weight excluding hydrogens is 276 g/mol. The van der Waals surface area contributed by atoms with Crippen LogP contribution in [0.1, 0.15) is 37.0 Å². The number of hydrogen-bond acceptors (Lipinski definition) is 6. The molecule has 1 N–H and O–H groups in total. The van der Waals surface area contributed by atoms with Gasteiger partial charge in [0.15, 0.2) is 17.5 Å². The second-order valence-electron chi connectivity index (χ2n) is 4.57. The van der Waals surface area contributed by atoms with E-state index in [1.165, 1.54) is 6.07 Å². The van der Waals surface area contributed by atoms with Crippen LogP contribution in [0.4, 0.5) is 4.79 Å². The Labute approximate surface area is 115 Å². The third-order valence-corrected chi connectivity index (χ3v) is 1.87. The van der Waals surface area contributed by atoms with E-state index < -0.39 is 17.7 Å². The Morgan fingerprint density at radius 1 is 1.47 bits per heavy atom. The Balaban J connectivity index is 2.46. The summed E-state index contributed by atoms with van der Waals surface area (Å²) in [5.74, 6) is -0.394. The fourth-order valence-corrected chi connectivity index (χ4v) is 1.19. The number of rotatable bonds is 4. The Kier molecular flexibility index (Phi) is 5.17. The van der Waals surface area contributed by atoms with Gasteiger partial charge in [-0.3, -0.25) is 0 Å². The smallest absolute Gasteiger partial charge is 0.408 e. The van der Waals surface area contributed by atoms with Gasteiger partial charge >= 0.3 is 12.1 Å². The van der Waals surface area contributed by atoms with Crippen molar-refractivity contribution in [2.45, 2.75) is 32.9 Å². The van der Waals surface area contributed by atoms with E-state index >= 15 is 0 Å². The molecule has 19 heavy (non-hydrogen) atoms. The molecule has 0 aliphatic heterocycles. The maximum absolute atomic E-state index is 11.4. The minimum Gasteiger partial charge on any atom is -0.445 e. The van der Waals surface area contributed by atoms with E-state index in [0.29, 0.717) is 5.76 Å². The number of nitrogens with one attached hydrogen (secondary N) is 1. The van der Waals surface area contributed by atoms with Gasteiger partial charge in [0.25, 0.3) is 0 Å². The quantitative estimate of drug-likeness (QED) is 0.674. The molecule has 0 saturated carbocycles. The molecule has 8 heteroatoms. The normalized spacial score (nSPS) is 10.9. The first-order valence-electron chi connectivity index (χ1n) is 5.47. The molecule has 1 heterocycles. The third-order valence-electron chi connectivity index (χ3n) is 1.76. The van der Waals surface area contributed by atoms with Crippen molar-refractivity contribution in [3.63, 3.8) is 0 Å². The molecule has 1 aromatic rings. The lowest BCUT2D eigenvalue weighted by Gasteiger charge is -2.19. The molecule has 7 nitrogen and oxygen atoms in total. The number of alkyl carbamates (subject to hydrolysis) is 1. The second-order valence-corrected chi connectivity index (χ2v) is 4.79. The molecule has 0 bridgehead atoms. The van der Waals surface area contributed by atoms with Crippen molar-refractivity contribution < 1.29 is 23.6 Å². The van der Waals surface area contributed by atoms with Crippen LogP contribution in [0, 0.1) is 0 Å². The summed E-state index contributed by atoms with van der Waals surface area (Å²) < 4.78 is 14.4. The number of esters is 1. The molecule has 0 radical (unpaired) electrons.